The van der Waals surface area contributed by atoms with Crippen molar-refractivity contribution in [3.63, 3.8) is 0 Å². The zero-order valence-electron chi connectivity index (χ0n) is 17.1. The molecule has 0 bridgehead atoms. The van der Waals surface area contributed by atoms with Gasteiger partial charge in [-0.1, -0.05) is 24.3 Å². The van der Waals surface area contributed by atoms with Crippen LogP contribution < -0.4 is 10.6 Å². The van der Waals surface area contributed by atoms with Crippen LogP contribution in [0.4, 0.5) is 5.13 Å². The summed E-state index contributed by atoms with van der Waals surface area (Å²) in [7, 11) is -3.20. The second kappa shape index (κ2) is 9.67. The molecular formula is C20H26N4O4S2. The predicted molar refractivity (Wildman–Crippen MR) is 117 cm³/mol. The maximum Gasteiger partial charge on any atom is 0.229 e. The van der Waals surface area contributed by atoms with Gasteiger partial charge in [0, 0.05) is 43.4 Å². The lowest BCUT2D eigenvalue weighted by atomic mass is 9.97. The summed E-state index contributed by atoms with van der Waals surface area (Å²) in [5, 5.41) is 8.03. The summed E-state index contributed by atoms with van der Waals surface area (Å²) in [5.41, 5.74) is 2.69. The third kappa shape index (κ3) is 5.65. The van der Waals surface area contributed by atoms with Crippen LogP contribution in [0, 0.1) is 5.92 Å². The van der Waals surface area contributed by atoms with Crippen molar-refractivity contribution in [2.75, 3.05) is 24.2 Å². The predicted octanol–water partition coefficient (Wildman–Crippen LogP) is 2.45. The molecule has 0 unspecified atom stereocenters. The number of amides is 2. The van der Waals surface area contributed by atoms with E-state index >= 15 is 0 Å². The average Bonchev–Trinajstić information content (AvgIpc) is 3.21. The fourth-order valence-corrected chi connectivity index (χ4v) is 5.12. The summed E-state index contributed by atoms with van der Waals surface area (Å²) in [6.45, 7) is 4.34. The molecule has 2 heterocycles. The first-order valence-corrected chi connectivity index (χ1v) is 12.4. The molecule has 3 rings (SSSR count). The van der Waals surface area contributed by atoms with E-state index < -0.39 is 10.0 Å². The molecule has 1 aliphatic heterocycles. The van der Waals surface area contributed by atoms with Gasteiger partial charge < -0.3 is 10.6 Å². The monoisotopic (exact) mass is 450 g/mol. The van der Waals surface area contributed by atoms with Crippen molar-refractivity contribution >= 4 is 38.3 Å². The van der Waals surface area contributed by atoms with E-state index in [4.69, 9.17) is 0 Å². The van der Waals surface area contributed by atoms with E-state index in [0.29, 0.717) is 37.6 Å². The van der Waals surface area contributed by atoms with E-state index in [1.807, 2.05) is 29.6 Å². The number of carbonyl (C=O) groups is 2. The van der Waals surface area contributed by atoms with E-state index in [0.717, 1.165) is 16.8 Å². The maximum absolute atomic E-state index is 12.6. The van der Waals surface area contributed by atoms with Crippen LogP contribution in [0.2, 0.25) is 0 Å². The fraction of sp³-hybridized carbons (Fsp3) is 0.450. The van der Waals surface area contributed by atoms with Crippen LogP contribution >= 0.6 is 11.3 Å². The highest BCUT2D eigenvalue weighted by atomic mass is 32.2. The van der Waals surface area contributed by atoms with Crippen molar-refractivity contribution in [2.24, 2.45) is 5.92 Å². The number of benzene rings is 1. The molecule has 10 heteroatoms. The third-order valence-electron chi connectivity index (χ3n) is 5.11. The van der Waals surface area contributed by atoms with Crippen molar-refractivity contribution in [3.05, 3.63) is 35.2 Å². The smallest absolute Gasteiger partial charge is 0.229 e. The van der Waals surface area contributed by atoms with E-state index in [9.17, 15) is 18.0 Å². The lowest BCUT2D eigenvalue weighted by Crippen LogP contribution is -2.42. The van der Waals surface area contributed by atoms with E-state index in [2.05, 4.69) is 15.6 Å². The molecule has 1 aliphatic rings. The van der Waals surface area contributed by atoms with Gasteiger partial charge in [0.15, 0.2) is 5.13 Å². The van der Waals surface area contributed by atoms with Gasteiger partial charge in [-0.25, -0.2) is 17.7 Å². The van der Waals surface area contributed by atoms with Crippen LogP contribution in [0.5, 0.6) is 0 Å². The maximum atomic E-state index is 12.6. The third-order valence-corrected chi connectivity index (χ3v) is 7.75. The molecule has 162 valence electrons. The molecule has 0 radical (unpaired) electrons. The van der Waals surface area contributed by atoms with Crippen molar-refractivity contribution in [1.82, 2.24) is 14.6 Å². The van der Waals surface area contributed by atoms with E-state index in [1.54, 1.807) is 6.92 Å². The lowest BCUT2D eigenvalue weighted by molar-refractivity contribution is -0.121. The number of rotatable bonds is 7. The molecule has 1 saturated heterocycles. The first-order chi connectivity index (χ1) is 14.3. The zero-order chi connectivity index (χ0) is 21.7. The zero-order valence-corrected chi connectivity index (χ0v) is 18.7. The van der Waals surface area contributed by atoms with Crippen LogP contribution in [0.25, 0.3) is 11.3 Å². The van der Waals surface area contributed by atoms with E-state index in [1.165, 1.54) is 22.6 Å². The normalized spacial score (nSPS) is 15.7. The summed E-state index contributed by atoms with van der Waals surface area (Å²) < 4.78 is 25.4. The molecule has 1 aromatic carbocycles. The second-order valence-electron chi connectivity index (χ2n) is 7.21. The number of nitrogens with one attached hydrogen (secondary N) is 2. The Hall–Kier alpha value is -2.30. The summed E-state index contributed by atoms with van der Waals surface area (Å²) in [4.78, 5) is 28.1. The quantitative estimate of drug-likeness (QED) is 0.674. The van der Waals surface area contributed by atoms with Crippen molar-refractivity contribution in [3.8, 4) is 11.3 Å². The van der Waals surface area contributed by atoms with Gasteiger partial charge in [-0.05, 0) is 25.3 Å². The van der Waals surface area contributed by atoms with Gasteiger partial charge in [-0.3, -0.25) is 9.59 Å². The molecule has 1 aromatic heterocycles. The Morgan fingerprint density at radius 3 is 2.47 bits per heavy atom. The molecule has 1 fully saturated rings. The molecule has 8 nitrogen and oxygen atoms in total. The Kier molecular flexibility index (Phi) is 7.22. The molecule has 2 amide bonds. The van der Waals surface area contributed by atoms with Crippen LogP contribution in [0.3, 0.4) is 0 Å². The molecule has 0 atom stereocenters. The highest BCUT2D eigenvalue weighted by Crippen LogP contribution is 2.27. The Morgan fingerprint density at radius 2 is 1.87 bits per heavy atom. The fourth-order valence-electron chi connectivity index (χ4n) is 3.27. The molecule has 2 aromatic rings. The Bertz CT molecular complexity index is 994. The highest BCUT2D eigenvalue weighted by molar-refractivity contribution is 7.89. The highest BCUT2D eigenvalue weighted by Gasteiger charge is 2.30. The number of carbonyl (C=O) groups excluding carboxylic acids is 2. The average molecular weight is 451 g/mol. The lowest BCUT2D eigenvalue weighted by Gasteiger charge is -2.30. The van der Waals surface area contributed by atoms with Gasteiger partial charge in [0.2, 0.25) is 21.8 Å². The van der Waals surface area contributed by atoms with Gasteiger partial charge in [0.1, 0.15) is 0 Å². The van der Waals surface area contributed by atoms with Crippen LogP contribution in [-0.2, 0) is 26.2 Å². The molecule has 0 spiro atoms. The van der Waals surface area contributed by atoms with Gasteiger partial charge in [-0.15, -0.1) is 11.3 Å². The number of hydrogen-bond donors (Lipinski definition) is 2. The molecule has 30 heavy (non-hydrogen) atoms. The van der Waals surface area contributed by atoms with Crippen LogP contribution in [0.1, 0.15) is 32.3 Å². The SMILES string of the molecule is CCS(=O)(=O)N1CCC(C(=O)Nc2nc(-c3ccc(CNC(C)=O)cc3)cs2)CC1. The minimum absolute atomic E-state index is 0.0726. The van der Waals surface area contributed by atoms with Crippen molar-refractivity contribution in [2.45, 2.75) is 33.2 Å². The van der Waals surface area contributed by atoms with Gasteiger partial charge in [-0.2, -0.15) is 0 Å². The number of anilines is 1. The topological polar surface area (TPSA) is 108 Å². The molecule has 0 aliphatic carbocycles. The minimum Gasteiger partial charge on any atom is -0.352 e. The van der Waals surface area contributed by atoms with Crippen molar-refractivity contribution < 1.29 is 18.0 Å². The number of nitrogens with zero attached hydrogens (tertiary/aromatic N) is 2. The first-order valence-electron chi connectivity index (χ1n) is 9.86. The summed E-state index contributed by atoms with van der Waals surface area (Å²) in [5.74, 6) is -0.319. The van der Waals surface area contributed by atoms with Gasteiger partial charge in [0.05, 0.1) is 11.4 Å². The van der Waals surface area contributed by atoms with Gasteiger partial charge >= 0.3 is 0 Å². The standard InChI is InChI=1S/C20H26N4O4S2/c1-3-30(27,28)24-10-8-17(9-11-24)19(26)23-20-22-18(13-29-20)16-6-4-15(5-7-16)12-21-14(2)25/h4-7,13,17H,3,8-12H2,1-2H3,(H,21,25)(H,22,23,26). The van der Waals surface area contributed by atoms with Crippen molar-refractivity contribution in [1.29, 1.82) is 0 Å². The Labute approximate surface area is 180 Å². The second-order valence-corrected chi connectivity index (χ2v) is 10.3. The van der Waals surface area contributed by atoms with Crippen LogP contribution in [-0.4, -0.2) is 48.4 Å². The first kappa shape index (κ1) is 22.4. The summed E-state index contributed by atoms with van der Waals surface area (Å²) >= 11 is 1.36. The Morgan fingerprint density at radius 1 is 1.20 bits per heavy atom. The van der Waals surface area contributed by atoms with Crippen LogP contribution in [0.15, 0.2) is 29.6 Å². The molecular weight excluding hydrogens is 424 g/mol. The number of piperidine rings is 1. The largest absolute Gasteiger partial charge is 0.352 e. The summed E-state index contributed by atoms with van der Waals surface area (Å²) in [6.07, 6.45) is 1.03. The van der Waals surface area contributed by atoms with E-state index in [-0.39, 0.29) is 23.5 Å². The van der Waals surface area contributed by atoms with Gasteiger partial charge in [0.25, 0.3) is 0 Å². The number of aromatic nitrogens is 1. The number of hydrogen-bond acceptors (Lipinski definition) is 6. The number of sulfonamides is 1. The summed E-state index contributed by atoms with van der Waals surface area (Å²) in [6, 6.07) is 7.73. The molecule has 2 N–H and O–H groups in total. The Balaban J connectivity index is 1.55. The minimum atomic E-state index is -3.20. The number of thiazole rings is 1. The molecule has 0 saturated carbocycles.